The van der Waals surface area contributed by atoms with Gasteiger partial charge in [-0.2, -0.15) is 10.4 Å². The molecule has 8 nitrogen and oxygen atoms in total. The van der Waals surface area contributed by atoms with E-state index in [0.717, 1.165) is 29.9 Å². The van der Waals surface area contributed by atoms with Crippen molar-refractivity contribution in [1.82, 2.24) is 30.1 Å². The number of rotatable bonds is 4. The first-order valence-electron chi connectivity index (χ1n) is 8.60. The number of aromatic nitrogens is 3. The highest BCUT2D eigenvalue weighted by Crippen LogP contribution is 2.20. The summed E-state index contributed by atoms with van der Waals surface area (Å²) >= 11 is 0. The molecule has 2 atom stereocenters. The predicted molar refractivity (Wildman–Crippen MR) is 95.1 cm³/mol. The summed E-state index contributed by atoms with van der Waals surface area (Å²) in [7, 11) is 0. The summed E-state index contributed by atoms with van der Waals surface area (Å²) in [6.07, 6.45) is 12.4. The van der Waals surface area contributed by atoms with Crippen LogP contribution in [0.4, 0.5) is 0 Å². The van der Waals surface area contributed by atoms with Crippen LogP contribution >= 0.6 is 0 Å². The Balaban J connectivity index is 1.44. The molecule has 0 saturated carbocycles. The molecule has 1 unspecified atom stereocenters. The first-order chi connectivity index (χ1) is 12.7. The third-order valence-electron chi connectivity index (χ3n) is 4.69. The van der Waals surface area contributed by atoms with E-state index in [-0.39, 0.29) is 18.0 Å². The fourth-order valence-electron chi connectivity index (χ4n) is 3.42. The van der Waals surface area contributed by atoms with Gasteiger partial charge in [0.2, 0.25) is 5.91 Å². The number of carbonyl (C=O) groups is 1. The summed E-state index contributed by atoms with van der Waals surface area (Å²) in [6.45, 7) is 1.40. The average Bonchev–Trinajstić information content (AvgIpc) is 3.30. The number of dihydropyridines is 1. The van der Waals surface area contributed by atoms with E-state index in [1.54, 1.807) is 21.8 Å². The number of fused-ring (bicyclic) bond motifs is 1. The molecule has 0 radical (unpaired) electrons. The molecule has 1 fully saturated rings. The van der Waals surface area contributed by atoms with Crippen LogP contribution in [-0.4, -0.2) is 44.7 Å². The number of nitrogens with one attached hydrogen (secondary N) is 2. The maximum absolute atomic E-state index is 12.3. The van der Waals surface area contributed by atoms with Crippen molar-refractivity contribution in [3.63, 3.8) is 0 Å². The molecule has 0 spiro atoms. The number of likely N-dealkylation sites (tertiary alicyclic amines) is 1. The number of nitriles is 1. The predicted octanol–water partition coefficient (Wildman–Crippen LogP) is 0.865. The number of carbonyl (C=O) groups excluding carboxylic acids is 1. The van der Waals surface area contributed by atoms with Crippen LogP contribution in [0.2, 0.25) is 0 Å². The summed E-state index contributed by atoms with van der Waals surface area (Å²) < 4.78 is 1.77. The van der Waals surface area contributed by atoms with Gasteiger partial charge in [-0.1, -0.05) is 0 Å². The van der Waals surface area contributed by atoms with Gasteiger partial charge in [-0.05, 0) is 36.8 Å². The second-order valence-corrected chi connectivity index (χ2v) is 6.50. The highest BCUT2D eigenvalue weighted by Gasteiger charge is 2.24. The Morgan fingerprint density at radius 2 is 2.35 bits per heavy atom. The number of hydrogen-bond acceptors (Lipinski definition) is 6. The first-order valence-corrected chi connectivity index (χ1v) is 8.60. The van der Waals surface area contributed by atoms with Gasteiger partial charge in [-0.15, -0.1) is 0 Å². The normalized spacial score (nSPS) is 22.0. The smallest absolute Gasteiger partial charge is 0.222 e. The Kier molecular flexibility index (Phi) is 4.27. The van der Waals surface area contributed by atoms with Gasteiger partial charge in [0.25, 0.3) is 0 Å². The summed E-state index contributed by atoms with van der Waals surface area (Å²) in [5, 5.41) is 19.4. The zero-order chi connectivity index (χ0) is 17.9. The van der Waals surface area contributed by atoms with E-state index < -0.39 is 0 Å². The molecule has 1 amide bonds. The molecule has 1 saturated heterocycles. The molecule has 2 N–H and O–H groups in total. The molecule has 2 aliphatic rings. The zero-order valence-corrected chi connectivity index (χ0v) is 14.2. The van der Waals surface area contributed by atoms with Crippen LogP contribution in [-0.2, 0) is 4.79 Å². The summed E-state index contributed by atoms with van der Waals surface area (Å²) in [6, 6.07) is 3.75. The fraction of sp³-hybridized carbons (Fsp3) is 0.333. The Hall–Kier alpha value is -3.34. The van der Waals surface area contributed by atoms with Crippen molar-refractivity contribution in [2.24, 2.45) is 5.92 Å². The van der Waals surface area contributed by atoms with Crippen LogP contribution in [0.1, 0.15) is 18.5 Å². The van der Waals surface area contributed by atoms with Crippen molar-refractivity contribution in [3.8, 4) is 6.19 Å². The minimum absolute atomic E-state index is 0.0165. The van der Waals surface area contributed by atoms with Crippen LogP contribution in [0.5, 0.6) is 0 Å². The Bertz CT molecular complexity index is 923. The van der Waals surface area contributed by atoms with Gasteiger partial charge in [-0.3, -0.25) is 4.79 Å². The highest BCUT2D eigenvalue weighted by molar-refractivity contribution is 5.79. The van der Waals surface area contributed by atoms with E-state index in [1.807, 2.05) is 30.5 Å². The maximum Gasteiger partial charge on any atom is 0.222 e. The zero-order valence-electron chi connectivity index (χ0n) is 14.2. The lowest BCUT2D eigenvalue weighted by Gasteiger charge is -2.21. The van der Waals surface area contributed by atoms with Crippen LogP contribution in [0, 0.1) is 17.4 Å². The quantitative estimate of drug-likeness (QED) is 0.795. The van der Waals surface area contributed by atoms with Crippen molar-refractivity contribution in [1.29, 1.82) is 5.26 Å². The van der Waals surface area contributed by atoms with E-state index in [2.05, 4.69) is 26.9 Å². The van der Waals surface area contributed by atoms with Gasteiger partial charge in [-0.25, -0.2) is 9.50 Å². The van der Waals surface area contributed by atoms with Crippen LogP contribution in [0.3, 0.4) is 0 Å². The number of amides is 1. The summed E-state index contributed by atoms with van der Waals surface area (Å²) in [4.78, 5) is 18.3. The van der Waals surface area contributed by atoms with E-state index in [0.29, 0.717) is 13.0 Å². The highest BCUT2D eigenvalue weighted by atomic mass is 16.1. The molecule has 4 rings (SSSR count). The molecule has 2 aromatic rings. The second-order valence-electron chi connectivity index (χ2n) is 6.50. The van der Waals surface area contributed by atoms with Gasteiger partial charge in [0.05, 0.1) is 11.9 Å². The largest absolute Gasteiger partial charge is 0.368 e. The van der Waals surface area contributed by atoms with E-state index in [4.69, 9.17) is 5.26 Å². The van der Waals surface area contributed by atoms with Gasteiger partial charge in [0.1, 0.15) is 6.17 Å². The van der Waals surface area contributed by atoms with Gasteiger partial charge in [0.15, 0.2) is 11.8 Å². The minimum Gasteiger partial charge on any atom is -0.368 e. The van der Waals surface area contributed by atoms with Crippen molar-refractivity contribution < 1.29 is 4.79 Å². The fourth-order valence-corrected chi connectivity index (χ4v) is 3.42. The summed E-state index contributed by atoms with van der Waals surface area (Å²) in [5.41, 5.74) is 2.65. The Morgan fingerprint density at radius 1 is 1.42 bits per heavy atom. The molecular formula is C18H19N7O. The standard InChI is InChI=1S/C18H19N7O/c19-12-24-8-4-13(11-24)9-18(26)23-16-10-14(1-5-20-16)15-2-6-21-17-3-7-22-25(15)17/h1-3,5-7,10,13,16,20H,4,8-9,11H2,(H,23,26)/t13-,16?/m1/s1. The molecule has 0 aliphatic carbocycles. The number of nitrogens with zero attached hydrogens (tertiary/aromatic N) is 5. The van der Waals surface area contributed by atoms with Crippen LogP contribution < -0.4 is 10.6 Å². The monoisotopic (exact) mass is 349 g/mol. The van der Waals surface area contributed by atoms with E-state index in [1.165, 1.54) is 0 Å². The van der Waals surface area contributed by atoms with Crippen LogP contribution in [0.25, 0.3) is 11.2 Å². The van der Waals surface area contributed by atoms with Gasteiger partial charge < -0.3 is 15.5 Å². The van der Waals surface area contributed by atoms with Crippen molar-refractivity contribution in [3.05, 3.63) is 48.6 Å². The lowest BCUT2D eigenvalue weighted by atomic mass is 10.0. The molecule has 132 valence electrons. The molecule has 0 aromatic carbocycles. The number of allylic oxidation sites excluding steroid dienone is 2. The van der Waals surface area contributed by atoms with E-state index in [9.17, 15) is 4.79 Å². The van der Waals surface area contributed by atoms with Crippen molar-refractivity contribution in [2.75, 3.05) is 13.1 Å². The molecule has 2 aliphatic heterocycles. The molecule has 0 bridgehead atoms. The van der Waals surface area contributed by atoms with Gasteiger partial charge in [0, 0.05) is 37.3 Å². The minimum atomic E-state index is -0.283. The average molecular weight is 349 g/mol. The topological polar surface area (TPSA) is 98.4 Å². The second kappa shape index (κ2) is 6.88. The van der Waals surface area contributed by atoms with Gasteiger partial charge >= 0.3 is 0 Å². The Labute approximate surface area is 150 Å². The molecule has 4 heterocycles. The SMILES string of the molecule is N#CN1CC[C@H](CC(=O)NC2C=C(c3ccnc4ccnn34)C=CN2)C1. The lowest BCUT2D eigenvalue weighted by molar-refractivity contribution is -0.122. The third kappa shape index (κ3) is 3.24. The van der Waals surface area contributed by atoms with E-state index >= 15 is 0 Å². The maximum atomic E-state index is 12.3. The molecule has 26 heavy (non-hydrogen) atoms. The summed E-state index contributed by atoms with van der Waals surface area (Å²) in [5.74, 6) is 0.221. The van der Waals surface area contributed by atoms with Crippen LogP contribution in [0.15, 0.2) is 42.9 Å². The molecule has 2 aromatic heterocycles. The molecule has 8 heteroatoms. The Morgan fingerprint density at radius 3 is 3.19 bits per heavy atom. The lowest BCUT2D eigenvalue weighted by Crippen LogP contribution is -2.43. The first kappa shape index (κ1) is 16.1. The van der Waals surface area contributed by atoms with Crippen molar-refractivity contribution >= 4 is 17.1 Å². The third-order valence-corrected chi connectivity index (χ3v) is 4.69. The number of hydrogen-bond donors (Lipinski definition) is 2. The molecular weight excluding hydrogens is 330 g/mol. The van der Waals surface area contributed by atoms with Crippen molar-refractivity contribution in [2.45, 2.75) is 19.0 Å².